The summed E-state index contributed by atoms with van der Waals surface area (Å²) in [4.78, 5) is 11.5. The summed E-state index contributed by atoms with van der Waals surface area (Å²) >= 11 is 0. The van der Waals surface area contributed by atoms with Gasteiger partial charge in [0.25, 0.3) is 0 Å². The summed E-state index contributed by atoms with van der Waals surface area (Å²) in [5, 5.41) is 3.00. The number of anilines is 2. The third-order valence-electron chi connectivity index (χ3n) is 2.51. The van der Waals surface area contributed by atoms with Crippen LogP contribution in [-0.2, 0) is 0 Å². The number of ether oxygens (including phenoxy) is 2. The second kappa shape index (κ2) is 7.34. The first kappa shape index (κ1) is 15.7. The summed E-state index contributed by atoms with van der Waals surface area (Å²) in [5.74, 6) is 1.09. The van der Waals surface area contributed by atoms with Gasteiger partial charge in [-0.25, -0.2) is 9.97 Å². The summed E-state index contributed by atoms with van der Waals surface area (Å²) in [5.41, 5.74) is 5.45. The minimum absolute atomic E-state index is 0.0779. The Morgan fingerprint density at radius 2 is 1.86 bits per heavy atom. The fourth-order valence-corrected chi connectivity index (χ4v) is 1.58. The third-order valence-corrected chi connectivity index (χ3v) is 2.51. The number of alkyl halides is 2. The number of benzene rings is 1. The average molecular weight is 311 g/mol. The van der Waals surface area contributed by atoms with Crippen LogP contribution in [0.4, 0.5) is 20.7 Å². The van der Waals surface area contributed by atoms with Crippen LogP contribution in [0.5, 0.6) is 11.5 Å². The fraction of sp³-hybridized carbons (Fsp3) is 0.308. The smallest absolute Gasteiger partial charge is 0.387 e. The molecule has 2 rings (SSSR count). The Kier molecular flexibility index (Phi) is 5.23. The van der Waals surface area contributed by atoms with Crippen molar-refractivity contribution in [3.05, 3.63) is 30.6 Å². The number of aromatic nitrogens is 3. The Morgan fingerprint density at radius 1 is 1.18 bits per heavy atom. The van der Waals surface area contributed by atoms with Gasteiger partial charge in [-0.05, 0) is 31.2 Å². The average Bonchev–Trinajstić information content (AvgIpc) is 2.46. The molecule has 7 nitrogen and oxygen atoms in total. The van der Waals surface area contributed by atoms with Crippen molar-refractivity contribution in [3.63, 3.8) is 0 Å². The predicted molar refractivity (Wildman–Crippen MR) is 75.9 cm³/mol. The molecule has 0 aliphatic carbocycles. The molecule has 1 heterocycles. The van der Waals surface area contributed by atoms with Crippen molar-refractivity contribution in [1.82, 2.24) is 15.0 Å². The maximum Gasteiger partial charge on any atom is 0.387 e. The largest absolute Gasteiger partial charge is 0.491 e. The molecule has 0 saturated carbocycles. The molecule has 22 heavy (non-hydrogen) atoms. The quantitative estimate of drug-likeness (QED) is 0.806. The Morgan fingerprint density at radius 3 is 2.50 bits per heavy atom. The minimum Gasteiger partial charge on any atom is -0.491 e. The number of nitrogens with two attached hydrogens (primary N) is 1. The Balaban J connectivity index is 1.82. The summed E-state index contributed by atoms with van der Waals surface area (Å²) in [6.07, 6.45) is 1.31. The van der Waals surface area contributed by atoms with Crippen molar-refractivity contribution in [2.45, 2.75) is 19.6 Å². The molecule has 1 unspecified atom stereocenters. The number of hydrogen-bond acceptors (Lipinski definition) is 7. The van der Waals surface area contributed by atoms with E-state index in [1.54, 1.807) is 12.1 Å². The van der Waals surface area contributed by atoms with Crippen LogP contribution in [0.2, 0.25) is 0 Å². The van der Waals surface area contributed by atoms with E-state index in [4.69, 9.17) is 10.5 Å². The first-order valence-electron chi connectivity index (χ1n) is 6.41. The second-order valence-electron chi connectivity index (χ2n) is 4.37. The van der Waals surface area contributed by atoms with Crippen LogP contribution >= 0.6 is 0 Å². The van der Waals surface area contributed by atoms with Gasteiger partial charge in [-0.2, -0.15) is 13.8 Å². The van der Waals surface area contributed by atoms with Gasteiger partial charge in [-0.1, -0.05) is 0 Å². The molecule has 0 bridgehead atoms. The highest BCUT2D eigenvalue weighted by Gasteiger charge is 2.07. The standard InChI is InChI=1S/C13H15F2N5O2/c1-8(19-13-18-7-17-12(16)20-13)6-21-9-2-4-10(5-3-9)22-11(14)15/h2-5,7-8,11H,6H2,1H3,(H3,16,17,18,19,20). The zero-order chi connectivity index (χ0) is 15.9. The summed E-state index contributed by atoms with van der Waals surface area (Å²) in [6.45, 7) is -0.654. The van der Waals surface area contributed by atoms with Crippen LogP contribution in [0.3, 0.4) is 0 Å². The van der Waals surface area contributed by atoms with Crippen LogP contribution in [0.15, 0.2) is 30.6 Å². The molecule has 0 aliphatic heterocycles. The SMILES string of the molecule is CC(COc1ccc(OC(F)F)cc1)Nc1ncnc(N)n1. The normalized spacial score (nSPS) is 12.0. The molecule has 3 N–H and O–H groups in total. The Bertz CT molecular complexity index is 597. The van der Waals surface area contributed by atoms with E-state index in [0.29, 0.717) is 18.3 Å². The lowest BCUT2D eigenvalue weighted by Crippen LogP contribution is -2.24. The fourth-order valence-electron chi connectivity index (χ4n) is 1.58. The van der Waals surface area contributed by atoms with E-state index in [-0.39, 0.29) is 17.7 Å². The van der Waals surface area contributed by atoms with E-state index in [1.165, 1.54) is 18.5 Å². The zero-order valence-electron chi connectivity index (χ0n) is 11.7. The van der Waals surface area contributed by atoms with Crippen LogP contribution in [0.1, 0.15) is 6.92 Å². The van der Waals surface area contributed by atoms with Crippen molar-refractivity contribution >= 4 is 11.9 Å². The molecule has 0 saturated heterocycles. The van der Waals surface area contributed by atoms with Crippen molar-refractivity contribution in [2.75, 3.05) is 17.7 Å². The lowest BCUT2D eigenvalue weighted by atomic mass is 10.3. The summed E-state index contributed by atoms with van der Waals surface area (Å²) < 4.78 is 33.8. The van der Waals surface area contributed by atoms with Gasteiger partial charge in [0.05, 0.1) is 6.04 Å². The molecule has 1 aromatic carbocycles. The maximum absolute atomic E-state index is 12.0. The lowest BCUT2D eigenvalue weighted by Gasteiger charge is -2.15. The molecular formula is C13H15F2N5O2. The molecule has 2 aromatic rings. The molecule has 0 fully saturated rings. The maximum atomic E-state index is 12.0. The van der Waals surface area contributed by atoms with E-state index in [9.17, 15) is 8.78 Å². The van der Waals surface area contributed by atoms with Gasteiger partial charge in [0.2, 0.25) is 11.9 Å². The lowest BCUT2D eigenvalue weighted by molar-refractivity contribution is -0.0498. The Hall–Kier alpha value is -2.71. The van der Waals surface area contributed by atoms with Crippen LogP contribution in [0, 0.1) is 0 Å². The van der Waals surface area contributed by atoms with Crippen LogP contribution < -0.4 is 20.5 Å². The molecule has 1 aromatic heterocycles. The van der Waals surface area contributed by atoms with Gasteiger partial charge in [-0.15, -0.1) is 0 Å². The first-order chi connectivity index (χ1) is 10.5. The van der Waals surface area contributed by atoms with Gasteiger partial charge in [-0.3, -0.25) is 0 Å². The molecule has 118 valence electrons. The van der Waals surface area contributed by atoms with Crippen LogP contribution in [-0.4, -0.2) is 34.2 Å². The number of halogens is 2. The number of nitrogens with zero attached hydrogens (tertiary/aromatic N) is 3. The molecule has 1 atom stereocenters. The van der Waals surface area contributed by atoms with Crippen molar-refractivity contribution in [3.8, 4) is 11.5 Å². The van der Waals surface area contributed by atoms with E-state index < -0.39 is 6.61 Å². The minimum atomic E-state index is -2.84. The topological polar surface area (TPSA) is 95.2 Å². The molecular weight excluding hydrogens is 296 g/mol. The predicted octanol–water partition coefficient (Wildman–Crippen LogP) is 1.93. The first-order valence-corrected chi connectivity index (χ1v) is 6.41. The van der Waals surface area contributed by atoms with Gasteiger partial charge in [0.1, 0.15) is 24.4 Å². The van der Waals surface area contributed by atoms with Crippen LogP contribution in [0.25, 0.3) is 0 Å². The third kappa shape index (κ3) is 5.00. The Labute approximate surface area is 125 Å². The number of nitrogen functional groups attached to an aromatic ring is 1. The van der Waals surface area contributed by atoms with E-state index in [0.717, 1.165) is 0 Å². The summed E-state index contributed by atoms with van der Waals surface area (Å²) in [6, 6.07) is 5.81. The van der Waals surface area contributed by atoms with Crippen molar-refractivity contribution in [2.24, 2.45) is 0 Å². The molecule has 0 spiro atoms. The molecule has 0 aliphatic rings. The van der Waals surface area contributed by atoms with Gasteiger partial charge in [0, 0.05) is 0 Å². The van der Waals surface area contributed by atoms with E-state index in [1.807, 2.05) is 6.92 Å². The number of rotatable bonds is 7. The molecule has 0 amide bonds. The van der Waals surface area contributed by atoms with Gasteiger partial charge >= 0.3 is 6.61 Å². The molecule has 9 heteroatoms. The van der Waals surface area contributed by atoms with Crippen molar-refractivity contribution < 1.29 is 18.3 Å². The van der Waals surface area contributed by atoms with E-state index in [2.05, 4.69) is 25.0 Å². The number of hydrogen-bond donors (Lipinski definition) is 2. The zero-order valence-corrected chi connectivity index (χ0v) is 11.7. The highest BCUT2D eigenvalue weighted by atomic mass is 19.3. The van der Waals surface area contributed by atoms with Gasteiger partial charge in [0.15, 0.2) is 0 Å². The summed E-state index contributed by atoms with van der Waals surface area (Å²) in [7, 11) is 0. The second-order valence-corrected chi connectivity index (χ2v) is 4.37. The molecule has 0 radical (unpaired) electrons. The van der Waals surface area contributed by atoms with Gasteiger partial charge < -0.3 is 20.5 Å². The highest BCUT2D eigenvalue weighted by Crippen LogP contribution is 2.19. The monoisotopic (exact) mass is 311 g/mol. The van der Waals surface area contributed by atoms with Crippen molar-refractivity contribution in [1.29, 1.82) is 0 Å². The number of nitrogens with one attached hydrogen (secondary N) is 1. The highest BCUT2D eigenvalue weighted by molar-refractivity contribution is 5.32. The van der Waals surface area contributed by atoms with E-state index >= 15 is 0 Å².